The zero-order chi connectivity index (χ0) is 24.3. The monoisotopic (exact) mass is 471 g/mol. The molecule has 0 bridgehead atoms. The Morgan fingerprint density at radius 2 is 1.91 bits per heavy atom. The van der Waals surface area contributed by atoms with Crippen molar-refractivity contribution >= 4 is 5.97 Å². The standard InChI is InChI=1S/C27H37NO6/c1-17-15-27-10-6-11-28(27)12-7-18-13-20-21(33-16-32-20)14-19(18)22(27)23(17)34-24(29)26(4,31)9-5-8-25(2,3)30/h13-15,22-23,30-31H,5-12,16H2,1-4H3/t22-,23?,26?,27+/m1/s1. The molecule has 3 heterocycles. The van der Waals surface area contributed by atoms with E-state index >= 15 is 0 Å². The van der Waals surface area contributed by atoms with Crippen molar-refractivity contribution in [2.45, 2.75) is 95.0 Å². The molecule has 1 aromatic rings. The van der Waals surface area contributed by atoms with E-state index < -0.39 is 23.3 Å². The highest BCUT2D eigenvalue weighted by atomic mass is 16.7. The summed E-state index contributed by atoms with van der Waals surface area (Å²) < 4.78 is 17.5. The van der Waals surface area contributed by atoms with Gasteiger partial charge in [-0.1, -0.05) is 6.08 Å². The SMILES string of the molecule is CC1=C[C@]23CCCN2CCc2cc4c(cc2[C@@H]3C1OC(=O)C(C)(O)CCCC(C)(C)O)OCO4. The summed E-state index contributed by atoms with van der Waals surface area (Å²) in [5.74, 6) is 0.863. The minimum atomic E-state index is -1.61. The smallest absolute Gasteiger partial charge is 0.338 e. The van der Waals surface area contributed by atoms with Crippen molar-refractivity contribution in [3.8, 4) is 11.5 Å². The van der Waals surface area contributed by atoms with E-state index in [1.165, 1.54) is 12.5 Å². The zero-order valence-corrected chi connectivity index (χ0v) is 20.7. The number of carbonyl (C=O) groups is 1. The molecule has 4 atom stereocenters. The minimum absolute atomic E-state index is 0.0573. The number of hydrogen-bond donors (Lipinski definition) is 2. The summed E-state index contributed by atoms with van der Waals surface area (Å²) in [5, 5.41) is 21.0. The molecule has 4 aliphatic rings. The molecule has 1 spiro atoms. The van der Waals surface area contributed by atoms with Crippen LogP contribution in [0.4, 0.5) is 0 Å². The average Bonchev–Trinajstić information content (AvgIpc) is 3.41. The van der Waals surface area contributed by atoms with Crippen LogP contribution in [0.2, 0.25) is 0 Å². The molecule has 7 nitrogen and oxygen atoms in total. The van der Waals surface area contributed by atoms with E-state index in [9.17, 15) is 15.0 Å². The highest BCUT2D eigenvalue weighted by Crippen LogP contribution is 2.55. The Hall–Kier alpha value is -2.09. The molecule has 2 unspecified atom stereocenters. The highest BCUT2D eigenvalue weighted by molar-refractivity contribution is 5.79. The van der Waals surface area contributed by atoms with Crippen LogP contribution >= 0.6 is 0 Å². The Kier molecular flexibility index (Phi) is 5.73. The maximum absolute atomic E-state index is 13.3. The summed E-state index contributed by atoms with van der Waals surface area (Å²) in [6.45, 7) is 9.21. The van der Waals surface area contributed by atoms with E-state index in [4.69, 9.17) is 14.2 Å². The lowest BCUT2D eigenvalue weighted by molar-refractivity contribution is -0.170. The lowest BCUT2D eigenvalue weighted by Crippen LogP contribution is -2.48. The van der Waals surface area contributed by atoms with Crippen molar-refractivity contribution in [3.05, 3.63) is 34.9 Å². The van der Waals surface area contributed by atoms with Gasteiger partial charge < -0.3 is 24.4 Å². The van der Waals surface area contributed by atoms with E-state index in [-0.39, 0.29) is 24.7 Å². The zero-order valence-electron chi connectivity index (χ0n) is 20.7. The van der Waals surface area contributed by atoms with Gasteiger partial charge in [0.15, 0.2) is 17.1 Å². The van der Waals surface area contributed by atoms with Crippen LogP contribution in [0.1, 0.15) is 76.8 Å². The fourth-order valence-electron chi connectivity index (χ4n) is 6.41. The van der Waals surface area contributed by atoms with Crippen molar-refractivity contribution in [1.29, 1.82) is 0 Å². The van der Waals surface area contributed by atoms with Gasteiger partial charge in [-0.15, -0.1) is 0 Å². The lowest BCUT2D eigenvalue weighted by atomic mass is 9.77. The molecule has 0 aromatic heterocycles. The Bertz CT molecular complexity index is 1010. The number of aliphatic hydroxyl groups is 2. The Labute approximate surface area is 201 Å². The van der Waals surface area contributed by atoms with Gasteiger partial charge in [0, 0.05) is 12.5 Å². The topological polar surface area (TPSA) is 88.5 Å². The molecule has 3 aliphatic heterocycles. The molecule has 7 heteroatoms. The third-order valence-electron chi connectivity index (χ3n) is 8.11. The first-order chi connectivity index (χ1) is 16.0. The summed E-state index contributed by atoms with van der Waals surface area (Å²) in [6.07, 6.45) is 6.15. The third kappa shape index (κ3) is 4.01. The maximum Gasteiger partial charge on any atom is 0.338 e. The number of esters is 1. The van der Waals surface area contributed by atoms with Crippen molar-refractivity contribution in [1.82, 2.24) is 4.90 Å². The number of rotatable bonds is 6. The van der Waals surface area contributed by atoms with Gasteiger partial charge in [-0.25, -0.2) is 4.79 Å². The third-order valence-corrected chi connectivity index (χ3v) is 8.11. The first-order valence-electron chi connectivity index (χ1n) is 12.5. The Morgan fingerprint density at radius 3 is 2.65 bits per heavy atom. The maximum atomic E-state index is 13.3. The molecule has 5 rings (SSSR count). The summed E-state index contributed by atoms with van der Waals surface area (Å²) in [7, 11) is 0. The highest BCUT2D eigenvalue weighted by Gasteiger charge is 2.57. The first-order valence-corrected chi connectivity index (χ1v) is 12.5. The van der Waals surface area contributed by atoms with Crippen LogP contribution in [0.15, 0.2) is 23.8 Å². The Balaban J connectivity index is 1.45. The minimum Gasteiger partial charge on any atom is -0.455 e. The van der Waals surface area contributed by atoms with Crippen LogP contribution in [-0.4, -0.2) is 63.8 Å². The van der Waals surface area contributed by atoms with Gasteiger partial charge in [-0.3, -0.25) is 4.90 Å². The van der Waals surface area contributed by atoms with Crippen molar-refractivity contribution in [2.75, 3.05) is 19.9 Å². The molecule has 0 radical (unpaired) electrons. The fourth-order valence-corrected chi connectivity index (χ4v) is 6.41. The van der Waals surface area contributed by atoms with E-state index in [1.807, 2.05) is 6.92 Å². The van der Waals surface area contributed by atoms with Gasteiger partial charge in [0.05, 0.1) is 11.1 Å². The fraction of sp³-hybridized carbons (Fsp3) is 0.667. The molecule has 1 aromatic carbocycles. The van der Waals surface area contributed by atoms with Gasteiger partial charge in [-0.05, 0) is 102 Å². The molecule has 186 valence electrons. The van der Waals surface area contributed by atoms with E-state index in [0.29, 0.717) is 12.8 Å². The van der Waals surface area contributed by atoms with Crippen LogP contribution in [-0.2, 0) is 16.0 Å². The number of fused-ring (bicyclic) bond motifs is 3. The van der Waals surface area contributed by atoms with Crippen LogP contribution in [0.25, 0.3) is 0 Å². The number of hydrogen-bond acceptors (Lipinski definition) is 7. The number of benzene rings is 1. The quantitative estimate of drug-likeness (QED) is 0.485. The van der Waals surface area contributed by atoms with Gasteiger partial charge in [-0.2, -0.15) is 0 Å². The molecule has 0 saturated carbocycles. The van der Waals surface area contributed by atoms with Gasteiger partial charge in [0.25, 0.3) is 0 Å². The van der Waals surface area contributed by atoms with E-state index in [1.54, 1.807) is 13.8 Å². The van der Waals surface area contributed by atoms with Gasteiger partial charge >= 0.3 is 5.97 Å². The summed E-state index contributed by atoms with van der Waals surface area (Å²) in [4.78, 5) is 15.8. The number of nitrogens with zero attached hydrogens (tertiary/aromatic N) is 1. The summed E-state index contributed by atoms with van der Waals surface area (Å²) >= 11 is 0. The molecule has 1 aliphatic carbocycles. The largest absolute Gasteiger partial charge is 0.455 e. The van der Waals surface area contributed by atoms with E-state index in [2.05, 4.69) is 23.1 Å². The van der Waals surface area contributed by atoms with Crippen LogP contribution in [0.5, 0.6) is 11.5 Å². The number of ether oxygens (including phenoxy) is 3. The summed E-state index contributed by atoms with van der Waals surface area (Å²) in [5.41, 5.74) is 0.757. The molecular formula is C27H37NO6. The lowest BCUT2D eigenvalue weighted by Gasteiger charge is -2.40. The second-order valence-electron chi connectivity index (χ2n) is 11.4. The van der Waals surface area contributed by atoms with Crippen LogP contribution in [0.3, 0.4) is 0 Å². The van der Waals surface area contributed by atoms with Crippen LogP contribution < -0.4 is 9.47 Å². The van der Waals surface area contributed by atoms with Gasteiger partial charge in [0.2, 0.25) is 6.79 Å². The van der Waals surface area contributed by atoms with E-state index in [0.717, 1.165) is 55.0 Å². The normalized spacial score (nSPS) is 29.5. The van der Waals surface area contributed by atoms with Crippen molar-refractivity contribution in [2.24, 2.45) is 0 Å². The number of carbonyl (C=O) groups excluding carboxylic acids is 1. The van der Waals surface area contributed by atoms with Gasteiger partial charge in [0.1, 0.15) is 6.10 Å². The predicted octanol–water partition coefficient (Wildman–Crippen LogP) is 3.45. The predicted molar refractivity (Wildman–Crippen MR) is 127 cm³/mol. The molecule has 2 N–H and O–H groups in total. The molecule has 34 heavy (non-hydrogen) atoms. The molecule has 0 amide bonds. The molecular weight excluding hydrogens is 434 g/mol. The van der Waals surface area contributed by atoms with Crippen molar-refractivity contribution < 1.29 is 29.2 Å². The molecule has 1 saturated heterocycles. The summed E-state index contributed by atoms with van der Waals surface area (Å²) in [6, 6.07) is 4.17. The first kappa shape index (κ1) is 23.6. The molecule has 1 fully saturated rings. The average molecular weight is 472 g/mol. The second-order valence-corrected chi connectivity index (χ2v) is 11.4. The van der Waals surface area contributed by atoms with Crippen molar-refractivity contribution in [3.63, 3.8) is 0 Å². The second kappa shape index (κ2) is 8.25. The Morgan fingerprint density at radius 1 is 1.18 bits per heavy atom. The van der Waals surface area contributed by atoms with Crippen LogP contribution in [0, 0.1) is 0 Å².